The third kappa shape index (κ3) is 6.26. The van der Waals surface area contributed by atoms with Gasteiger partial charge < -0.3 is 0 Å². The minimum atomic E-state index is -0.595. The number of aromatic nitrogens is 8. The van der Waals surface area contributed by atoms with Gasteiger partial charge in [0.15, 0.2) is 0 Å². The molecule has 0 amide bonds. The van der Waals surface area contributed by atoms with Gasteiger partial charge in [-0.25, -0.2) is 24.9 Å². The van der Waals surface area contributed by atoms with E-state index in [1.807, 2.05) is 60.9 Å². The molecule has 0 unspecified atom stereocenters. The van der Waals surface area contributed by atoms with E-state index < -0.39 is 5.41 Å². The second kappa shape index (κ2) is 16.6. The molecule has 3 aliphatic rings. The van der Waals surface area contributed by atoms with Crippen molar-refractivity contribution in [1.82, 2.24) is 39.9 Å². The summed E-state index contributed by atoms with van der Waals surface area (Å²) in [7, 11) is 0. The lowest BCUT2D eigenvalue weighted by Gasteiger charge is -2.37. The van der Waals surface area contributed by atoms with Crippen LogP contribution in [0.3, 0.4) is 0 Å². The smallest absolute Gasteiger partial charge is 0.215 e. The quantitative estimate of drug-likeness (QED) is 0.148. The van der Waals surface area contributed by atoms with Gasteiger partial charge in [0.25, 0.3) is 0 Å². The molecule has 6 aromatic carbocycles. The Morgan fingerprint density at radius 2 is 0.942 bits per heavy atom. The first-order valence-electron chi connectivity index (χ1n) is 22.1. The van der Waals surface area contributed by atoms with Crippen molar-refractivity contribution in [3.63, 3.8) is 0 Å². The van der Waals surface area contributed by atoms with E-state index in [2.05, 4.69) is 156 Å². The molecule has 6 aromatic heterocycles. The SMILES string of the molecule is Brc1ccccc1-c1ccccc1.C.O=C1c2cncnc2-c2nccc3c2c1nc1ccccc13.c1ccc2c(c1)-c1ccccc1C21c2cncnc2-c2nccc3c2c1nc1ccccc13. The highest BCUT2D eigenvalue weighted by Crippen LogP contribution is 2.60. The molecule has 0 bridgehead atoms. The van der Waals surface area contributed by atoms with Crippen molar-refractivity contribution in [3.05, 3.63) is 239 Å². The van der Waals surface area contributed by atoms with Crippen LogP contribution in [0.15, 0.2) is 206 Å². The Morgan fingerprint density at radius 3 is 1.62 bits per heavy atom. The zero-order chi connectivity index (χ0) is 45.3. The van der Waals surface area contributed by atoms with E-state index in [1.54, 1.807) is 12.5 Å². The first-order valence-corrected chi connectivity index (χ1v) is 22.9. The van der Waals surface area contributed by atoms with Gasteiger partial charge in [0, 0.05) is 56.4 Å². The number of ketones is 1. The molecule has 326 valence electrons. The first kappa shape index (κ1) is 41.7. The van der Waals surface area contributed by atoms with Gasteiger partial charge in [0.1, 0.15) is 24.0 Å². The average molecular weight is 954 g/mol. The minimum Gasteiger partial charge on any atom is -0.287 e. The molecule has 69 heavy (non-hydrogen) atoms. The molecule has 10 heteroatoms. The molecule has 0 N–H and O–H groups in total. The maximum absolute atomic E-state index is 12.8. The van der Waals surface area contributed by atoms with Gasteiger partial charge in [0.05, 0.1) is 44.8 Å². The van der Waals surface area contributed by atoms with E-state index in [4.69, 9.17) is 15.0 Å². The molecule has 6 heterocycles. The van der Waals surface area contributed by atoms with Crippen molar-refractivity contribution in [3.8, 4) is 45.0 Å². The lowest BCUT2D eigenvalue weighted by atomic mass is 9.65. The molecule has 0 atom stereocenters. The maximum Gasteiger partial charge on any atom is 0.215 e. The predicted octanol–water partition coefficient (Wildman–Crippen LogP) is 13.5. The maximum atomic E-state index is 12.8. The summed E-state index contributed by atoms with van der Waals surface area (Å²) in [6, 6.07) is 56.1. The molecule has 1 spiro atoms. The highest BCUT2D eigenvalue weighted by Gasteiger charge is 2.52. The lowest BCUT2D eigenvalue weighted by molar-refractivity contribution is 0.103. The molecule has 9 nitrogen and oxygen atoms in total. The molecular formula is C59H37BrN8O. The van der Waals surface area contributed by atoms with E-state index >= 15 is 0 Å². The fourth-order valence-corrected chi connectivity index (χ4v) is 10.9. The third-order valence-corrected chi connectivity index (χ3v) is 13.9. The number of benzene rings is 6. The standard InChI is InChI=1S/C29H16N4.C17H8N4O.C12H9Br.CH4/c1-4-10-21-17(7-1)18-8-2-5-11-22(18)29(21)23-15-30-16-32-26(23)27-25-20(13-14-31-27)19-9-3-6-12-24(19)33-28(25)29;22-17-11-7-18-8-20-14(11)15-13-10(5-6-19-15)9-3-1-2-4-12(9)21-16(13)17;13-12-9-5-4-8-11(12)10-6-2-1-3-7-10;/h1-16H;1-8H;1-9H;1H4. The lowest BCUT2D eigenvalue weighted by Crippen LogP contribution is -2.33. The van der Waals surface area contributed by atoms with Crippen LogP contribution in [0.2, 0.25) is 0 Å². The summed E-state index contributed by atoms with van der Waals surface area (Å²) < 4.78 is 1.14. The van der Waals surface area contributed by atoms with Crippen molar-refractivity contribution in [2.24, 2.45) is 0 Å². The number of rotatable bonds is 1. The number of halogens is 1. The largest absolute Gasteiger partial charge is 0.287 e. The van der Waals surface area contributed by atoms with Gasteiger partial charge in [-0.3, -0.25) is 19.7 Å². The summed E-state index contributed by atoms with van der Waals surface area (Å²) in [6.45, 7) is 0. The average Bonchev–Trinajstić information content (AvgIpc) is 3.70. The Morgan fingerprint density at radius 1 is 0.406 bits per heavy atom. The normalized spacial score (nSPS) is 12.7. The molecule has 0 aliphatic heterocycles. The van der Waals surface area contributed by atoms with Crippen LogP contribution in [0.5, 0.6) is 0 Å². The van der Waals surface area contributed by atoms with Gasteiger partial charge in [-0.1, -0.05) is 157 Å². The summed E-state index contributed by atoms with van der Waals surface area (Å²) in [4.78, 5) is 49.5. The first-order chi connectivity index (χ1) is 33.6. The van der Waals surface area contributed by atoms with Crippen molar-refractivity contribution in [2.45, 2.75) is 12.8 Å². The van der Waals surface area contributed by atoms with Crippen LogP contribution in [0.25, 0.3) is 88.4 Å². The van der Waals surface area contributed by atoms with Crippen molar-refractivity contribution in [2.75, 3.05) is 0 Å². The molecule has 3 aliphatic carbocycles. The second-order valence-corrected chi connectivity index (χ2v) is 17.6. The number of hydrogen-bond acceptors (Lipinski definition) is 9. The molecule has 0 saturated carbocycles. The molecule has 0 saturated heterocycles. The predicted molar refractivity (Wildman–Crippen MR) is 277 cm³/mol. The van der Waals surface area contributed by atoms with E-state index in [-0.39, 0.29) is 13.2 Å². The Balaban J connectivity index is 0.000000118. The zero-order valence-electron chi connectivity index (χ0n) is 35.9. The van der Waals surface area contributed by atoms with Gasteiger partial charge in [-0.2, -0.15) is 0 Å². The van der Waals surface area contributed by atoms with E-state index in [0.29, 0.717) is 22.6 Å². The molecular weight excluding hydrogens is 917 g/mol. The van der Waals surface area contributed by atoms with Crippen LogP contribution >= 0.6 is 15.9 Å². The van der Waals surface area contributed by atoms with Crippen molar-refractivity contribution in [1.29, 1.82) is 0 Å². The molecule has 12 aromatic rings. The zero-order valence-corrected chi connectivity index (χ0v) is 37.5. The summed E-state index contributed by atoms with van der Waals surface area (Å²) in [6.07, 6.45) is 10.2. The fourth-order valence-electron chi connectivity index (χ4n) is 10.4. The summed E-state index contributed by atoms with van der Waals surface area (Å²) in [5, 5.41) is 6.13. The summed E-state index contributed by atoms with van der Waals surface area (Å²) in [5.74, 6) is -0.146. The Labute approximate surface area is 404 Å². The number of pyridine rings is 4. The topological polar surface area (TPSA) is 120 Å². The monoisotopic (exact) mass is 952 g/mol. The molecule has 15 rings (SSSR count). The highest BCUT2D eigenvalue weighted by atomic mass is 79.9. The van der Waals surface area contributed by atoms with Crippen LogP contribution in [0.4, 0.5) is 0 Å². The third-order valence-electron chi connectivity index (χ3n) is 13.2. The number of carbonyl (C=O) groups is 1. The van der Waals surface area contributed by atoms with E-state index in [0.717, 1.165) is 70.5 Å². The van der Waals surface area contributed by atoms with Crippen LogP contribution in [0, 0.1) is 0 Å². The van der Waals surface area contributed by atoms with Gasteiger partial charge in [-0.05, 0) is 74.5 Å². The Kier molecular flexibility index (Phi) is 10.00. The number of carbonyl (C=O) groups excluding carboxylic acids is 1. The van der Waals surface area contributed by atoms with Crippen LogP contribution in [-0.2, 0) is 5.41 Å². The van der Waals surface area contributed by atoms with E-state index in [1.165, 1.54) is 45.9 Å². The highest BCUT2D eigenvalue weighted by molar-refractivity contribution is 9.10. The van der Waals surface area contributed by atoms with Crippen molar-refractivity contribution >= 4 is 65.1 Å². The van der Waals surface area contributed by atoms with Gasteiger partial charge in [0.2, 0.25) is 5.78 Å². The van der Waals surface area contributed by atoms with Crippen LogP contribution < -0.4 is 0 Å². The molecule has 0 radical (unpaired) electrons. The Bertz CT molecular complexity index is 4000. The van der Waals surface area contributed by atoms with Crippen LogP contribution in [0.1, 0.15) is 45.9 Å². The number of fused-ring (bicyclic) bond motifs is 15. The van der Waals surface area contributed by atoms with Crippen LogP contribution in [-0.4, -0.2) is 45.7 Å². The fraction of sp³-hybridized carbons (Fsp3) is 0.0339. The van der Waals surface area contributed by atoms with Crippen molar-refractivity contribution < 1.29 is 4.79 Å². The number of para-hydroxylation sites is 2. The van der Waals surface area contributed by atoms with Gasteiger partial charge in [-0.15, -0.1) is 0 Å². The minimum absolute atomic E-state index is 0. The van der Waals surface area contributed by atoms with E-state index in [9.17, 15) is 4.79 Å². The second-order valence-electron chi connectivity index (χ2n) is 16.7. The molecule has 0 fully saturated rings. The number of nitrogens with zero attached hydrogens (tertiary/aromatic N) is 8. The summed E-state index contributed by atoms with van der Waals surface area (Å²) >= 11 is 3.53. The van der Waals surface area contributed by atoms with Gasteiger partial charge >= 0.3 is 0 Å². The Hall–Kier alpha value is -8.73. The summed E-state index contributed by atoms with van der Waals surface area (Å²) in [5.41, 5.74) is 14.6. The number of hydrogen-bond donors (Lipinski definition) is 0.